The normalized spacial score (nSPS) is 13.2. The zero-order valence-corrected chi connectivity index (χ0v) is 10.7. The summed E-state index contributed by atoms with van der Waals surface area (Å²) in [6, 6.07) is 7.18. The Morgan fingerprint density at radius 1 is 1.47 bits per heavy atom. The molecule has 0 fully saturated rings. The highest BCUT2D eigenvalue weighted by molar-refractivity contribution is 5.75. The SMILES string of the molecule is CNC(c1cccc(OC)c1)C(C)(C)C(=O)O. The summed E-state index contributed by atoms with van der Waals surface area (Å²) in [5.41, 5.74) is 0.0143. The van der Waals surface area contributed by atoms with Gasteiger partial charge in [-0.05, 0) is 38.6 Å². The molecule has 0 amide bonds. The first kappa shape index (κ1) is 13.5. The molecule has 0 heterocycles. The van der Waals surface area contributed by atoms with Crippen LogP contribution < -0.4 is 10.1 Å². The van der Waals surface area contributed by atoms with E-state index in [2.05, 4.69) is 5.32 Å². The van der Waals surface area contributed by atoms with Crippen LogP contribution in [0.15, 0.2) is 24.3 Å². The molecule has 1 atom stereocenters. The summed E-state index contributed by atoms with van der Waals surface area (Å²) >= 11 is 0. The molecule has 0 aliphatic carbocycles. The minimum Gasteiger partial charge on any atom is -0.497 e. The lowest BCUT2D eigenvalue weighted by molar-refractivity contribution is -0.148. The molecule has 0 aliphatic heterocycles. The van der Waals surface area contributed by atoms with Crippen molar-refractivity contribution in [3.63, 3.8) is 0 Å². The van der Waals surface area contributed by atoms with Crippen LogP contribution >= 0.6 is 0 Å². The summed E-state index contributed by atoms with van der Waals surface area (Å²) in [4.78, 5) is 11.3. The molecule has 0 saturated heterocycles. The highest BCUT2D eigenvalue weighted by Gasteiger charge is 2.37. The molecule has 0 radical (unpaired) electrons. The van der Waals surface area contributed by atoms with E-state index in [1.165, 1.54) is 0 Å². The van der Waals surface area contributed by atoms with E-state index in [0.29, 0.717) is 0 Å². The number of benzene rings is 1. The van der Waals surface area contributed by atoms with Gasteiger partial charge in [0.2, 0.25) is 0 Å². The van der Waals surface area contributed by atoms with Crippen molar-refractivity contribution >= 4 is 5.97 Å². The van der Waals surface area contributed by atoms with Gasteiger partial charge in [-0.2, -0.15) is 0 Å². The van der Waals surface area contributed by atoms with E-state index < -0.39 is 11.4 Å². The first-order chi connectivity index (χ1) is 7.93. The van der Waals surface area contributed by atoms with Gasteiger partial charge in [0.15, 0.2) is 0 Å². The number of carbonyl (C=O) groups is 1. The molecule has 94 valence electrons. The summed E-state index contributed by atoms with van der Waals surface area (Å²) in [6.07, 6.45) is 0. The lowest BCUT2D eigenvalue weighted by atomic mass is 9.80. The maximum atomic E-state index is 11.3. The van der Waals surface area contributed by atoms with Gasteiger partial charge in [-0.1, -0.05) is 12.1 Å². The van der Waals surface area contributed by atoms with Crippen molar-refractivity contribution in [1.29, 1.82) is 0 Å². The Hall–Kier alpha value is -1.55. The zero-order valence-electron chi connectivity index (χ0n) is 10.7. The molecule has 0 bridgehead atoms. The van der Waals surface area contributed by atoms with Crippen molar-refractivity contribution in [1.82, 2.24) is 5.32 Å². The van der Waals surface area contributed by atoms with E-state index in [1.54, 1.807) is 28.0 Å². The fourth-order valence-corrected chi connectivity index (χ4v) is 1.89. The Kier molecular flexibility index (Phi) is 4.12. The van der Waals surface area contributed by atoms with Crippen LogP contribution in [0.3, 0.4) is 0 Å². The van der Waals surface area contributed by atoms with Gasteiger partial charge < -0.3 is 15.2 Å². The van der Waals surface area contributed by atoms with Gasteiger partial charge in [-0.25, -0.2) is 0 Å². The molecule has 2 N–H and O–H groups in total. The summed E-state index contributed by atoms with van der Waals surface area (Å²) in [6.45, 7) is 3.41. The number of aliphatic carboxylic acids is 1. The topological polar surface area (TPSA) is 58.6 Å². The standard InChI is InChI=1S/C13H19NO3/c1-13(2,12(15)16)11(14-3)9-6-5-7-10(8-9)17-4/h5-8,11,14H,1-4H3,(H,15,16). The first-order valence-corrected chi connectivity index (χ1v) is 5.48. The second kappa shape index (κ2) is 5.19. The Bertz CT molecular complexity index is 401. The number of rotatable bonds is 5. The van der Waals surface area contributed by atoms with E-state index in [4.69, 9.17) is 4.74 Å². The lowest BCUT2D eigenvalue weighted by Gasteiger charge is -2.30. The molecule has 4 nitrogen and oxygen atoms in total. The number of hydrogen-bond donors (Lipinski definition) is 2. The van der Waals surface area contributed by atoms with Gasteiger partial charge in [-0.3, -0.25) is 4.79 Å². The van der Waals surface area contributed by atoms with Gasteiger partial charge in [0, 0.05) is 6.04 Å². The average molecular weight is 237 g/mol. The van der Waals surface area contributed by atoms with Gasteiger partial charge in [0.25, 0.3) is 0 Å². The lowest BCUT2D eigenvalue weighted by Crippen LogP contribution is -2.38. The third-order valence-corrected chi connectivity index (χ3v) is 2.99. The molecule has 1 unspecified atom stereocenters. The van der Waals surface area contributed by atoms with Crippen LogP contribution in [0.5, 0.6) is 5.75 Å². The molecule has 0 spiro atoms. The Balaban J connectivity index is 3.13. The highest BCUT2D eigenvalue weighted by Crippen LogP contribution is 2.34. The van der Waals surface area contributed by atoms with Crippen LogP contribution in [-0.4, -0.2) is 25.2 Å². The number of ether oxygens (including phenoxy) is 1. The van der Waals surface area contributed by atoms with Gasteiger partial charge in [-0.15, -0.1) is 0 Å². The molecule has 1 aromatic rings. The summed E-state index contributed by atoms with van der Waals surface area (Å²) in [5.74, 6) is -0.108. The van der Waals surface area contributed by atoms with Gasteiger partial charge in [0.05, 0.1) is 12.5 Å². The number of hydrogen-bond acceptors (Lipinski definition) is 3. The average Bonchev–Trinajstić information content (AvgIpc) is 2.29. The third kappa shape index (κ3) is 2.77. The van der Waals surface area contributed by atoms with Crippen molar-refractivity contribution in [2.24, 2.45) is 5.41 Å². The largest absolute Gasteiger partial charge is 0.497 e. The summed E-state index contributed by atoms with van der Waals surface area (Å²) < 4.78 is 5.15. The maximum Gasteiger partial charge on any atom is 0.311 e. The highest BCUT2D eigenvalue weighted by atomic mass is 16.5. The van der Waals surface area contributed by atoms with Gasteiger partial charge >= 0.3 is 5.97 Å². The Morgan fingerprint density at radius 3 is 2.59 bits per heavy atom. The summed E-state index contributed by atoms with van der Waals surface area (Å²) in [5, 5.41) is 12.3. The number of carboxylic acids is 1. The quantitative estimate of drug-likeness (QED) is 0.823. The fraction of sp³-hybridized carbons (Fsp3) is 0.462. The Morgan fingerprint density at radius 2 is 2.12 bits per heavy atom. The molecule has 1 aromatic carbocycles. The van der Waals surface area contributed by atoms with Crippen LogP contribution in [0.25, 0.3) is 0 Å². The third-order valence-electron chi connectivity index (χ3n) is 2.99. The predicted molar refractivity (Wildman–Crippen MR) is 66.2 cm³/mol. The van der Waals surface area contributed by atoms with Crippen molar-refractivity contribution in [2.45, 2.75) is 19.9 Å². The molecule has 4 heteroatoms. The predicted octanol–water partition coefficient (Wildman–Crippen LogP) is 2.07. The molecular formula is C13H19NO3. The van der Waals surface area contributed by atoms with E-state index in [0.717, 1.165) is 11.3 Å². The molecular weight excluding hydrogens is 218 g/mol. The second-order valence-electron chi connectivity index (χ2n) is 4.53. The van der Waals surface area contributed by atoms with E-state index in [9.17, 15) is 9.90 Å². The minimum atomic E-state index is -0.888. The first-order valence-electron chi connectivity index (χ1n) is 5.48. The number of carboxylic acid groups (broad SMARTS) is 1. The smallest absolute Gasteiger partial charge is 0.311 e. The van der Waals surface area contributed by atoms with Crippen molar-refractivity contribution < 1.29 is 14.6 Å². The molecule has 0 aliphatic rings. The maximum absolute atomic E-state index is 11.3. The molecule has 0 aromatic heterocycles. The second-order valence-corrected chi connectivity index (χ2v) is 4.53. The minimum absolute atomic E-state index is 0.268. The Labute approximate surface area is 102 Å². The fourth-order valence-electron chi connectivity index (χ4n) is 1.89. The molecule has 0 saturated carbocycles. The van der Waals surface area contributed by atoms with Crippen LogP contribution in [-0.2, 0) is 4.79 Å². The van der Waals surface area contributed by atoms with Crippen molar-refractivity contribution in [3.8, 4) is 5.75 Å². The zero-order chi connectivity index (χ0) is 13.1. The van der Waals surface area contributed by atoms with E-state index >= 15 is 0 Å². The monoisotopic (exact) mass is 237 g/mol. The molecule has 17 heavy (non-hydrogen) atoms. The van der Waals surface area contributed by atoms with Crippen LogP contribution in [0.4, 0.5) is 0 Å². The summed E-state index contributed by atoms with van der Waals surface area (Å²) in [7, 11) is 3.35. The van der Waals surface area contributed by atoms with Gasteiger partial charge in [0.1, 0.15) is 5.75 Å². The van der Waals surface area contributed by atoms with Crippen LogP contribution in [0.2, 0.25) is 0 Å². The van der Waals surface area contributed by atoms with E-state index in [1.807, 2.05) is 24.3 Å². The number of methoxy groups -OCH3 is 1. The van der Waals surface area contributed by atoms with E-state index in [-0.39, 0.29) is 6.04 Å². The van der Waals surface area contributed by atoms with Crippen molar-refractivity contribution in [3.05, 3.63) is 29.8 Å². The number of nitrogens with one attached hydrogen (secondary N) is 1. The van der Waals surface area contributed by atoms with Crippen molar-refractivity contribution in [2.75, 3.05) is 14.2 Å². The van der Waals surface area contributed by atoms with Crippen LogP contribution in [0.1, 0.15) is 25.5 Å². The molecule has 1 rings (SSSR count). The van der Waals surface area contributed by atoms with Crippen LogP contribution in [0, 0.1) is 5.41 Å².